The number of aromatic amines is 1. The number of ether oxygens (including phenoxy) is 4. The molecule has 0 radical (unpaired) electrons. The Labute approximate surface area is 179 Å². The molecule has 1 aromatic heterocycles. The molecular weight excluding hydrogens is 400 g/mol. The van der Waals surface area contributed by atoms with Crippen molar-refractivity contribution in [1.29, 1.82) is 0 Å². The van der Waals surface area contributed by atoms with Crippen LogP contribution in [0.25, 0.3) is 0 Å². The van der Waals surface area contributed by atoms with Gasteiger partial charge in [0.05, 0.1) is 27.4 Å². The van der Waals surface area contributed by atoms with Crippen molar-refractivity contribution in [3.8, 4) is 23.0 Å². The summed E-state index contributed by atoms with van der Waals surface area (Å²) in [4.78, 5) is 16.9. The number of anilines is 1. The first-order chi connectivity index (χ1) is 15.2. The molecule has 0 saturated heterocycles. The number of amides is 1. The van der Waals surface area contributed by atoms with Crippen LogP contribution < -0.4 is 24.3 Å². The first kappa shape index (κ1) is 20.5. The molecule has 9 nitrogen and oxygen atoms in total. The molecule has 1 aliphatic rings. The summed E-state index contributed by atoms with van der Waals surface area (Å²) in [6, 6.07) is 10.9. The van der Waals surface area contributed by atoms with Gasteiger partial charge in [0.1, 0.15) is 5.82 Å². The van der Waals surface area contributed by atoms with Gasteiger partial charge in [-0.1, -0.05) is 6.07 Å². The van der Waals surface area contributed by atoms with Crippen LogP contribution in [-0.4, -0.2) is 48.5 Å². The number of rotatable bonds is 7. The second kappa shape index (κ2) is 9.38. The molecule has 1 amide bonds. The predicted octanol–water partition coefficient (Wildman–Crippen LogP) is 3.02. The maximum Gasteiger partial charge on any atom is 0.258 e. The largest absolute Gasteiger partial charge is 0.493 e. The Balaban J connectivity index is 1.37. The lowest BCUT2D eigenvalue weighted by molar-refractivity contribution is 0.102. The number of hydrogen-bond donors (Lipinski definition) is 2. The number of hydrogen-bond acceptors (Lipinski definition) is 7. The molecule has 0 bridgehead atoms. The third-order valence-corrected chi connectivity index (χ3v) is 4.87. The standard InChI is InChI=1S/C22H24N4O5/c1-28-16-7-4-14(12-18(16)29-2)5-9-20-23-22(26-25-20)24-21(27)15-6-8-17-19(13-15)31-11-3-10-30-17/h4,6-8,12-13H,3,5,9-11H2,1-2H3,(H2,23,24,25,26,27). The third kappa shape index (κ3) is 4.88. The molecule has 3 aromatic rings. The van der Waals surface area contributed by atoms with Gasteiger partial charge < -0.3 is 18.9 Å². The quantitative estimate of drug-likeness (QED) is 0.600. The van der Waals surface area contributed by atoms with Gasteiger partial charge in [0, 0.05) is 18.4 Å². The minimum atomic E-state index is -0.318. The summed E-state index contributed by atoms with van der Waals surface area (Å²) in [5.41, 5.74) is 1.52. The number of nitrogens with zero attached hydrogens (tertiary/aromatic N) is 2. The Morgan fingerprint density at radius 2 is 1.84 bits per heavy atom. The molecule has 0 unspecified atom stereocenters. The number of H-pyrrole nitrogens is 1. The number of nitrogens with one attached hydrogen (secondary N) is 2. The van der Waals surface area contributed by atoms with Crippen LogP contribution >= 0.6 is 0 Å². The highest BCUT2D eigenvalue weighted by Crippen LogP contribution is 2.31. The lowest BCUT2D eigenvalue weighted by Crippen LogP contribution is -2.13. The summed E-state index contributed by atoms with van der Waals surface area (Å²) in [6.07, 6.45) is 2.16. The number of aromatic nitrogens is 3. The smallest absolute Gasteiger partial charge is 0.258 e. The lowest BCUT2D eigenvalue weighted by atomic mass is 10.1. The highest BCUT2D eigenvalue weighted by molar-refractivity contribution is 6.03. The zero-order chi connectivity index (χ0) is 21.6. The number of fused-ring (bicyclic) bond motifs is 1. The Hall–Kier alpha value is -3.75. The monoisotopic (exact) mass is 424 g/mol. The number of aryl methyl sites for hydroxylation is 2. The van der Waals surface area contributed by atoms with Crippen molar-refractivity contribution in [2.75, 3.05) is 32.8 Å². The number of methoxy groups -OCH3 is 2. The molecule has 0 fully saturated rings. The lowest BCUT2D eigenvalue weighted by Gasteiger charge is -2.09. The van der Waals surface area contributed by atoms with Gasteiger partial charge in [-0.2, -0.15) is 4.98 Å². The molecule has 0 atom stereocenters. The zero-order valence-electron chi connectivity index (χ0n) is 17.4. The molecule has 31 heavy (non-hydrogen) atoms. The fourth-order valence-corrected chi connectivity index (χ4v) is 3.24. The topological polar surface area (TPSA) is 108 Å². The SMILES string of the molecule is COc1ccc(CCc2nc(NC(=O)c3ccc4c(c3)OCCCO4)n[nH]2)cc1OC. The maximum absolute atomic E-state index is 12.6. The summed E-state index contributed by atoms with van der Waals surface area (Å²) in [6.45, 7) is 1.16. The van der Waals surface area contributed by atoms with Gasteiger partial charge in [0.15, 0.2) is 23.0 Å². The molecule has 162 valence electrons. The van der Waals surface area contributed by atoms with Gasteiger partial charge in [-0.15, -0.1) is 5.10 Å². The van der Waals surface area contributed by atoms with E-state index in [1.807, 2.05) is 18.2 Å². The minimum Gasteiger partial charge on any atom is -0.493 e. The molecule has 4 rings (SSSR count). The van der Waals surface area contributed by atoms with Crippen LogP contribution in [-0.2, 0) is 12.8 Å². The van der Waals surface area contributed by atoms with E-state index in [2.05, 4.69) is 20.5 Å². The zero-order valence-corrected chi connectivity index (χ0v) is 17.4. The van der Waals surface area contributed by atoms with Crippen molar-refractivity contribution in [2.45, 2.75) is 19.3 Å². The van der Waals surface area contributed by atoms with E-state index < -0.39 is 0 Å². The molecule has 2 heterocycles. The van der Waals surface area contributed by atoms with Crippen LogP contribution in [0, 0.1) is 0 Å². The van der Waals surface area contributed by atoms with Gasteiger partial charge in [0.25, 0.3) is 5.91 Å². The van der Waals surface area contributed by atoms with Crippen molar-refractivity contribution in [1.82, 2.24) is 15.2 Å². The normalized spacial score (nSPS) is 12.7. The van der Waals surface area contributed by atoms with Crippen LogP contribution in [0.5, 0.6) is 23.0 Å². The van der Waals surface area contributed by atoms with Gasteiger partial charge in [-0.25, -0.2) is 0 Å². The molecule has 2 aromatic carbocycles. The van der Waals surface area contributed by atoms with Gasteiger partial charge in [-0.3, -0.25) is 15.2 Å². The number of carbonyl (C=O) groups excluding carboxylic acids is 1. The van der Waals surface area contributed by atoms with E-state index in [9.17, 15) is 4.79 Å². The van der Waals surface area contributed by atoms with E-state index in [1.165, 1.54) is 0 Å². The summed E-state index contributed by atoms with van der Waals surface area (Å²) in [5.74, 6) is 3.15. The van der Waals surface area contributed by atoms with Gasteiger partial charge in [0.2, 0.25) is 5.95 Å². The summed E-state index contributed by atoms with van der Waals surface area (Å²) in [7, 11) is 3.21. The second-order valence-electron chi connectivity index (χ2n) is 6.96. The molecule has 0 aliphatic carbocycles. The maximum atomic E-state index is 12.6. The number of benzene rings is 2. The van der Waals surface area contributed by atoms with Crippen molar-refractivity contribution in [2.24, 2.45) is 0 Å². The highest BCUT2D eigenvalue weighted by Gasteiger charge is 2.16. The second-order valence-corrected chi connectivity index (χ2v) is 6.96. The molecule has 2 N–H and O–H groups in total. The Bertz CT molecular complexity index is 1070. The van der Waals surface area contributed by atoms with E-state index >= 15 is 0 Å². The molecule has 0 saturated carbocycles. The van der Waals surface area contributed by atoms with E-state index in [1.54, 1.807) is 32.4 Å². The van der Waals surface area contributed by atoms with Crippen molar-refractivity contribution in [3.05, 3.63) is 53.3 Å². The van der Waals surface area contributed by atoms with E-state index in [0.717, 1.165) is 18.4 Å². The average molecular weight is 424 g/mol. The predicted molar refractivity (Wildman–Crippen MR) is 113 cm³/mol. The van der Waals surface area contributed by atoms with Crippen LogP contribution in [0.1, 0.15) is 28.2 Å². The molecule has 1 aliphatic heterocycles. The summed E-state index contributed by atoms with van der Waals surface area (Å²) < 4.78 is 21.8. The first-order valence-electron chi connectivity index (χ1n) is 9.99. The van der Waals surface area contributed by atoms with Gasteiger partial charge in [-0.05, 0) is 42.3 Å². The van der Waals surface area contributed by atoms with Crippen LogP contribution in [0.2, 0.25) is 0 Å². The Kier molecular flexibility index (Phi) is 6.21. The molecule has 0 spiro atoms. The van der Waals surface area contributed by atoms with Gasteiger partial charge >= 0.3 is 0 Å². The van der Waals surface area contributed by atoms with Crippen LogP contribution in [0.4, 0.5) is 5.95 Å². The highest BCUT2D eigenvalue weighted by atomic mass is 16.5. The number of carbonyl (C=O) groups is 1. The van der Waals surface area contributed by atoms with Crippen molar-refractivity contribution in [3.63, 3.8) is 0 Å². The van der Waals surface area contributed by atoms with Crippen molar-refractivity contribution >= 4 is 11.9 Å². The fraction of sp³-hybridized carbons (Fsp3) is 0.318. The summed E-state index contributed by atoms with van der Waals surface area (Å²) >= 11 is 0. The van der Waals surface area contributed by atoms with E-state index in [-0.39, 0.29) is 11.9 Å². The minimum absolute atomic E-state index is 0.222. The first-order valence-corrected chi connectivity index (χ1v) is 9.99. The van der Waals surface area contributed by atoms with Crippen LogP contribution in [0.15, 0.2) is 36.4 Å². The average Bonchev–Trinajstić information content (AvgIpc) is 3.11. The Morgan fingerprint density at radius 1 is 1.03 bits per heavy atom. The van der Waals surface area contributed by atoms with Crippen molar-refractivity contribution < 1.29 is 23.7 Å². The molecule has 9 heteroatoms. The van der Waals surface area contributed by atoms with E-state index in [0.29, 0.717) is 54.0 Å². The molecular formula is C22H24N4O5. The summed E-state index contributed by atoms with van der Waals surface area (Å²) in [5, 5.41) is 9.66. The van der Waals surface area contributed by atoms with E-state index in [4.69, 9.17) is 18.9 Å². The van der Waals surface area contributed by atoms with Crippen LogP contribution in [0.3, 0.4) is 0 Å². The Morgan fingerprint density at radius 3 is 2.65 bits per heavy atom. The fourth-order valence-electron chi connectivity index (χ4n) is 3.24. The third-order valence-electron chi connectivity index (χ3n) is 4.87.